The van der Waals surface area contributed by atoms with Crippen molar-refractivity contribution >= 4 is 17.7 Å². The maximum absolute atomic E-state index is 12.0. The predicted molar refractivity (Wildman–Crippen MR) is 117 cm³/mol. The van der Waals surface area contributed by atoms with Crippen molar-refractivity contribution < 1.29 is 14.3 Å². The number of benzene rings is 2. The van der Waals surface area contributed by atoms with Crippen LogP contribution in [0.15, 0.2) is 53.7 Å². The van der Waals surface area contributed by atoms with Crippen LogP contribution in [-0.2, 0) is 15.3 Å². The normalized spacial score (nSPS) is 11.9. The molecule has 2 aromatic carbocycles. The summed E-state index contributed by atoms with van der Waals surface area (Å²) in [5.74, 6) is 2.00. The summed E-state index contributed by atoms with van der Waals surface area (Å²) in [6.45, 7) is 3.93. The van der Waals surface area contributed by atoms with Crippen molar-refractivity contribution in [3.8, 4) is 11.4 Å². The number of nitrogens with one attached hydrogen (secondary N) is 1. The predicted octanol–water partition coefficient (Wildman–Crippen LogP) is 3.70. The monoisotopic (exact) mass is 426 g/mol. The van der Waals surface area contributed by atoms with Crippen molar-refractivity contribution in [2.45, 2.75) is 30.8 Å². The molecule has 0 spiro atoms. The Morgan fingerprint density at radius 1 is 1.17 bits per heavy atom. The zero-order valence-electron chi connectivity index (χ0n) is 17.6. The molecule has 1 heterocycles. The molecular weight excluding hydrogens is 400 g/mol. The fourth-order valence-electron chi connectivity index (χ4n) is 2.98. The van der Waals surface area contributed by atoms with E-state index in [0.717, 1.165) is 22.2 Å². The molecule has 0 bridgehead atoms. The van der Waals surface area contributed by atoms with Gasteiger partial charge in [-0.25, -0.2) is 0 Å². The summed E-state index contributed by atoms with van der Waals surface area (Å²) in [5.41, 5.74) is 3.24. The average Bonchev–Trinajstić information content (AvgIpc) is 3.17. The number of ether oxygens (including phenoxy) is 2. The van der Waals surface area contributed by atoms with Gasteiger partial charge in [0.2, 0.25) is 5.91 Å². The Bertz CT molecular complexity index is 988. The fraction of sp³-hybridized carbons (Fsp3) is 0.318. The van der Waals surface area contributed by atoms with Crippen LogP contribution < -0.4 is 10.1 Å². The van der Waals surface area contributed by atoms with E-state index in [0.29, 0.717) is 11.6 Å². The molecule has 1 aromatic heterocycles. The van der Waals surface area contributed by atoms with Gasteiger partial charge in [-0.1, -0.05) is 41.6 Å². The minimum atomic E-state index is -0.326. The maximum Gasteiger partial charge on any atom is 0.246 e. The first kappa shape index (κ1) is 21.9. The third kappa shape index (κ3) is 5.40. The molecule has 0 aliphatic heterocycles. The number of thioether (sulfide) groups is 1. The van der Waals surface area contributed by atoms with Crippen molar-refractivity contribution in [1.82, 2.24) is 20.1 Å². The lowest BCUT2D eigenvalue weighted by Crippen LogP contribution is -2.31. The van der Waals surface area contributed by atoms with Gasteiger partial charge in [0.15, 0.2) is 11.0 Å². The van der Waals surface area contributed by atoms with E-state index in [4.69, 9.17) is 9.47 Å². The molecule has 8 heteroatoms. The van der Waals surface area contributed by atoms with Crippen LogP contribution in [-0.4, -0.2) is 41.5 Å². The van der Waals surface area contributed by atoms with Gasteiger partial charge in [-0.2, -0.15) is 0 Å². The summed E-state index contributed by atoms with van der Waals surface area (Å²) in [6.07, 6.45) is 0. The van der Waals surface area contributed by atoms with Crippen molar-refractivity contribution in [1.29, 1.82) is 0 Å². The van der Waals surface area contributed by atoms with Gasteiger partial charge in [-0.3, -0.25) is 9.36 Å². The molecule has 1 atom stereocenters. The summed E-state index contributed by atoms with van der Waals surface area (Å²) < 4.78 is 12.2. The van der Waals surface area contributed by atoms with E-state index in [2.05, 4.69) is 21.6 Å². The van der Waals surface area contributed by atoms with Crippen LogP contribution >= 0.6 is 11.8 Å². The molecule has 0 saturated carbocycles. The van der Waals surface area contributed by atoms with Crippen molar-refractivity contribution in [2.75, 3.05) is 20.8 Å². The van der Waals surface area contributed by atoms with Crippen LogP contribution in [0.5, 0.6) is 5.75 Å². The first-order chi connectivity index (χ1) is 14.5. The minimum Gasteiger partial charge on any atom is -0.497 e. The molecule has 0 saturated heterocycles. The number of hydrogen-bond donors (Lipinski definition) is 1. The number of rotatable bonds is 9. The third-order valence-corrected chi connectivity index (χ3v) is 5.49. The van der Waals surface area contributed by atoms with Gasteiger partial charge in [0, 0.05) is 18.6 Å². The number of carbonyl (C=O) groups is 1. The zero-order chi connectivity index (χ0) is 21.5. The van der Waals surface area contributed by atoms with Crippen LogP contribution in [0.4, 0.5) is 0 Å². The standard InChI is InChI=1S/C22H26N4O3S/c1-15-8-10-18(11-9-15)26-21(16(2)23-20(27)13-28-3)24-25-22(26)30-14-17-6-5-7-19(12-17)29-4/h5-12,16H,13-14H2,1-4H3,(H,23,27). The largest absolute Gasteiger partial charge is 0.497 e. The van der Waals surface area contributed by atoms with Crippen LogP contribution in [0.25, 0.3) is 5.69 Å². The highest BCUT2D eigenvalue weighted by atomic mass is 32.2. The second-order valence-corrected chi connectivity index (χ2v) is 7.82. The average molecular weight is 427 g/mol. The van der Waals surface area contributed by atoms with Crippen molar-refractivity contribution in [3.63, 3.8) is 0 Å². The van der Waals surface area contributed by atoms with Crippen molar-refractivity contribution in [3.05, 3.63) is 65.5 Å². The zero-order valence-corrected chi connectivity index (χ0v) is 18.4. The molecule has 3 aromatic rings. The van der Waals surface area contributed by atoms with Gasteiger partial charge in [-0.05, 0) is 43.7 Å². The molecule has 7 nitrogen and oxygen atoms in total. The molecule has 158 valence electrons. The molecule has 1 N–H and O–H groups in total. The van der Waals surface area contributed by atoms with Gasteiger partial charge < -0.3 is 14.8 Å². The molecular formula is C22H26N4O3S. The highest BCUT2D eigenvalue weighted by molar-refractivity contribution is 7.98. The van der Waals surface area contributed by atoms with Crippen LogP contribution in [0.2, 0.25) is 0 Å². The molecule has 1 unspecified atom stereocenters. The lowest BCUT2D eigenvalue weighted by atomic mass is 10.2. The molecule has 30 heavy (non-hydrogen) atoms. The van der Waals surface area contributed by atoms with Gasteiger partial charge in [0.05, 0.1) is 13.2 Å². The first-order valence-electron chi connectivity index (χ1n) is 9.58. The fourth-order valence-corrected chi connectivity index (χ4v) is 3.88. The van der Waals surface area contributed by atoms with Crippen molar-refractivity contribution in [2.24, 2.45) is 0 Å². The molecule has 0 aliphatic rings. The second kappa shape index (κ2) is 10.3. The van der Waals surface area contributed by atoms with Gasteiger partial charge in [0.25, 0.3) is 0 Å². The van der Waals surface area contributed by atoms with Gasteiger partial charge in [0.1, 0.15) is 12.4 Å². The third-order valence-electron chi connectivity index (χ3n) is 4.49. The van der Waals surface area contributed by atoms with Gasteiger partial charge >= 0.3 is 0 Å². The Kier molecular flexibility index (Phi) is 7.48. The Morgan fingerprint density at radius 2 is 1.93 bits per heavy atom. The van der Waals surface area contributed by atoms with E-state index < -0.39 is 0 Å². The summed E-state index contributed by atoms with van der Waals surface area (Å²) in [6, 6.07) is 15.8. The van der Waals surface area contributed by atoms with Crippen LogP contribution in [0, 0.1) is 6.92 Å². The van der Waals surface area contributed by atoms with E-state index in [-0.39, 0.29) is 18.6 Å². The summed E-state index contributed by atoms with van der Waals surface area (Å²) in [4.78, 5) is 12.0. The molecule has 0 aliphatic carbocycles. The maximum atomic E-state index is 12.0. The lowest BCUT2D eigenvalue weighted by Gasteiger charge is -2.16. The van der Waals surface area contributed by atoms with E-state index in [1.165, 1.54) is 12.7 Å². The molecule has 3 rings (SSSR count). The number of amides is 1. The Balaban J connectivity index is 1.89. The topological polar surface area (TPSA) is 78.3 Å². The summed E-state index contributed by atoms with van der Waals surface area (Å²) in [5, 5.41) is 12.5. The summed E-state index contributed by atoms with van der Waals surface area (Å²) >= 11 is 1.58. The second-order valence-electron chi connectivity index (χ2n) is 6.87. The minimum absolute atomic E-state index is 0.000452. The quantitative estimate of drug-likeness (QED) is 0.526. The number of nitrogens with zero attached hydrogens (tertiary/aromatic N) is 3. The number of aryl methyl sites for hydroxylation is 1. The number of methoxy groups -OCH3 is 2. The lowest BCUT2D eigenvalue weighted by molar-refractivity contribution is -0.125. The first-order valence-corrected chi connectivity index (χ1v) is 10.6. The van der Waals surface area contributed by atoms with Gasteiger partial charge in [-0.15, -0.1) is 10.2 Å². The molecule has 1 amide bonds. The van der Waals surface area contributed by atoms with Crippen LogP contribution in [0.3, 0.4) is 0 Å². The molecule has 0 radical (unpaired) electrons. The number of carbonyl (C=O) groups excluding carboxylic acids is 1. The summed E-state index contributed by atoms with van der Waals surface area (Å²) in [7, 11) is 3.15. The highest BCUT2D eigenvalue weighted by Crippen LogP contribution is 2.28. The van der Waals surface area contributed by atoms with E-state index in [1.54, 1.807) is 18.9 Å². The van der Waals surface area contributed by atoms with E-state index in [9.17, 15) is 4.79 Å². The highest BCUT2D eigenvalue weighted by Gasteiger charge is 2.21. The van der Waals surface area contributed by atoms with Crippen LogP contribution in [0.1, 0.15) is 29.9 Å². The smallest absolute Gasteiger partial charge is 0.246 e. The number of aromatic nitrogens is 3. The Morgan fingerprint density at radius 3 is 2.63 bits per heavy atom. The van der Waals surface area contributed by atoms with E-state index >= 15 is 0 Å². The Hall–Kier alpha value is -2.84. The number of hydrogen-bond acceptors (Lipinski definition) is 6. The Labute approximate surface area is 180 Å². The molecule has 0 fully saturated rings. The SMILES string of the molecule is COCC(=O)NC(C)c1nnc(SCc2cccc(OC)c2)n1-c1ccc(C)cc1. The van der Waals surface area contributed by atoms with E-state index in [1.807, 2.05) is 60.9 Å².